The van der Waals surface area contributed by atoms with Crippen molar-refractivity contribution in [1.82, 2.24) is 4.90 Å². The zero-order valence-electron chi connectivity index (χ0n) is 12.4. The van der Waals surface area contributed by atoms with Crippen molar-refractivity contribution >= 4 is 0 Å². The molecular weight excluding hydrogens is 491 g/mol. The van der Waals surface area contributed by atoms with Crippen LogP contribution in [0.3, 0.4) is 0 Å². The first kappa shape index (κ1) is 23.7. The second-order valence-electron chi connectivity index (χ2n) is 4.50. The van der Waals surface area contributed by atoms with E-state index in [2.05, 4.69) is 67.3 Å². The molecule has 115 valence electrons. The quantitative estimate of drug-likeness (QED) is 0.346. The fourth-order valence-corrected chi connectivity index (χ4v) is 8.40. The number of benzene rings is 1. The topological polar surface area (TPSA) is 3.24 Å². The van der Waals surface area contributed by atoms with Gasteiger partial charge in [-0.3, -0.25) is 0 Å². The summed E-state index contributed by atoms with van der Waals surface area (Å²) in [7, 11) is 0. The Bertz CT molecular complexity index is 430. The van der Waals surface area contributed by atoms with Crippen LogP contribution in [0.4, 0.5) is 0 Å². The molecule has 1 aromatic carbocycles. The Labute approximate surface area is 158 Å². The molecule has 0 radical (unpaired) electrons. The molecule has 1 aliphatic rings. The maximum Gasteiger partial charge on any atom is -1.00 e. The zero-order chi connectivity index (χ0) is 12.8. The summed E-state index contributed by atoms with van der Waals surface area (Å²) in [6.07, 6.45) is 8.11. The molecule has 2 rings (SSSR count). The first-order valence-electron chi connectivity index (χ1n) is 6.76. The molecule has 1 aliphatic carbocycles. The minimum atomic E-state index is -0.799. The van der Waals surface area contributed by atoms with E-state index in [0.29, 0.717) is 3.80 Å². The minimum Gasteiger partial charge on any atom is -1.00 e. The maximum absolute atomic E-state index is 2.64. The van der Waals surface area contributed by atoms with E-state index >= 15 is 0 Å². The summed E-state index contributed by atoms with van der Waals surface area (Å²) in [6, 6.07) is 11.1. The Hall–Kier alpha value is 0.400. The van der Waals surface area contributed by atoms with Gasteiger partial charge in [0.15, 0.2) is 0 Å². The second kappa shape index (κ2) is 12.9. The van der Waals surface area contributed by atoms with Crippen LogP contribution in [0, 0.1) is 0 Å². The summed E-state index contributed by atoms with van der Waals surface area (Å²) in [5.41, 5.74) is 1.53. The van der Waals surface area contributed by atoms with Gasteiger partial charge in [-0.25, -0.2) is 0 Å². The molecule has 0 fully saturated rings. The summed E-state index contributed by atoms with van der Waals surface area (Å²) in [5, 5.41) is 0. The van der Waals surface area contributed by atoms with Gasteiger partial charge < -0.3 is 37.2 Å². The van der Waals surface area contributed by atoms with Gasteiger partial charge in [-0.05, 0) is 0 Å². The van der Waals surface area contributed by atoms with Crippen LogP contribution in [-0.2, 0) is 22.9 Å². The SMILES string of the molecule is CCN(CC)[CH]([Hf+3][C]1=CC=CC1)c1ccccc1.[Cl-].[Cl-].[Cl-]. The van der Waals surface area contributed by atoms with E-state index in [1.165, 1.54) is 12.0 Å². The van der Waals surface area contributed by atoms with Crippen molar-refractivity contribution in [2.45, 2.75) is 24.1 Å². The fraction of sp³-hybridized carbons (Fsp3) is 0.375. The van der Waals surface area contributed by atoms with Crippen molar-refractivity contribution < 1.29 is 60.1 Å². The van der Waals surface area contributed by atoms with E-state index in [4.69, 9.17) is 0 Å². The summed E-state index contributed by atoms with van der Waals surface area (Å²) >= 11 is -0.799. The summed E-state index contributed by atoms with van der Waals surface area (Å²) in [5.74, 6) is 0. The van der Waals surface area contributed by atoms with Gasteiger partial charge in [0.1, 0.15) is 0 Å². The van der Waals surface area contributed by atoms with E-state index in [9.17, 15) is 0 Å². The van der Waals surface area contributed by atoms with Crippen LogP contribution in [0.2, 0.25) is 0 Å². The standard InChI is InChI=1S/C11H16N.C5H5.3ClH.Hf/c1-3-12(4-2)10-11-8-6-5-7-9-11;1-2-4-5-3-1;;;;/h5-10H,3-4H2,1-2H3;1-3H,4H2;3*1H;/q;;;;;+3/p-3. The monoisotopic (exact) mass is 512 g/mol. The average molecular weight is 512 g/mol. The first-order valence-corrected chi connectivity index (χ1v) is 10.6. The van der Waals surface area contributed by atoms with Crippen LogP contribution in [0.5, 0.6) is 0 Å². The number of allylic oxidation sites excluding steroid dienone is 4. The van der Waals surface area contributed by atoms with E-state index in [-0.39, 0.29) is 37.2 Å². The molecule has 5 heteroatoms. The van der Waals surface area contributed by atoms with Gasteiger partial charge in [-0.1, -0.05) is 0 Å². The maximum atomic E-state index is 2.64. The second-order valence-corrected chi connectivity index (χ2v) is 9.81. The van der Waals surface area contributed by atoms with Crippen LogP contribution in [0.15, 0.2) is 51.9 Å². The van der Waals surface area contributed by atoms with Crippen molar-refractivity contribution in [3.63, 3.8) is 0 Å². The van der Waals surface area contributed by atoms with Crippen molar-refractivity contribution in [1.29, 1.82) is 0 Å². The van der Waals surface area contributed by atoms with E-state index in [0.717, 1.165) is 13.1 Å². The molecule has 0 amide bonds. The minimum absolute atomic E-state index is 0. The van der Waals surface area contributed by atoms with Crippen molar-refractivity contribution in [3.8, 4) is 0 Å². The summed E-state index contributed by atoms with van der Waals surface area (Å²) in [6.45, 7) is 6.88. The molecule has 1 aromatic rings. The summed E-state index contributed by atoms with van der Waals surface area (Å²) in [4.78, 5) is 2.64. The van der Waals surface area contributed by atoms with E-state index in [1.54, 1.807) is 3.33 Å². The van der Waals surface area contributed by atoms with Crippen LogP contribution in [0.1, 0.15) is 29.6 Å². The van der Waals surface area contributed by atoms with Gasteiger partial charge in [0.2, 0.25) is 0 Å². The molecule has 0 N–H and O–H groups in total. The third-order valence-corrected chi connectivity index (χ3v) is 9.54. The largest absolute Gasteiger partial charge is 1.00 e. The number of halogens is 3. The average Bonchev–Trinajstić information content (AvgIpc) is 2.93. The number of hydrogen-bond acceptors (Lipinski definition) is 1. The van der Waals surface area contributed by atoms with Crippen LogP contribution >= 0.6 is 0 Å². The van der Waals surface area contributed by atoms with Crippen LogP contribution < -0.4 is 37.2 Å². The Morgan fingerprint density at radius 3 is 2.14 bits per heavy atom. The Kier molecular flexibility index (Phi) is 14.5. The Morgan fingerprint density at radius 1 is 1.05 bits per heavy atom. The Morgan fingerprint density at radius 2 is 1.67 bits per heavy atom. The smallest absolute Gasteiger partial charge is 1.00 e. The van der Waals surface area contributed by atoms with Crippen LogP contribution in [0.25, 0.3) is 0 Å². The third kappa shape index (κ3) is 7.01. The van der Waals surface area contributed by atoms with Crippen LogP contribution in [-0.4, -0.2) is 18.0 Å². The molecule has 1 atom stereocenters. The molecule has 0 saturated carbocycles. The normalized spacial score (nSPS) is 13.4. The molecule has 0 heterocycles. The van der Waals surface area contributed by atoms with Gasteiger partial charge in [0, 0.05) is 0 Å². The number of rotatable bonds is 6. The van der Waals surface area contributed by atoms with E-state index < -0.39 is 22.9 Å². The van der Waals surface area contributed by atoms with Gasteiger partial charge in [-0.2, -0.15) is 0 Å². The van der Waals surface area contributed by atoms with Gasteiger partial charge in [0.05, 0.1) is 0 Å². The van der Waals surface area contributed by atoms with Gasteiger partial charge >= 0.3 is 122 Å². The first-order chi connectivity index (χ1) is 8.85. The molecule has 21 heavy (non-hydrogen) atoms. The summed E-state index contributed by atoms with van der Waals surface area (Å²) < 4.78 is 2.46. The number of nitrogens with zero attached hydrogens (tertiary/aromatic N) is 1. The Balaban J connectivity index is 0. The molecule has 0 saturated heterocycles. The molecule has 0 bridgehead atoms. The third-order valence-electron chi connectivity index (χ3n) is 3.39. The molecule has 1 nitrogen and oxygen atoms in total. The van der Waals surface area contributed by atoms with Crippen molar-refractivity contribution in [2.75, 3.05) is 13.1 Å². The molecule has 0 spiro atoms. The van der Waals surface area contributed by atoms with E-state index in [1.807, 2.05) is 0 Å². The fourth-order valence-electron chi connectivity index (χ4n) is 2.34. The molecular formula is C16H21Cl3HfN. The molecule has 0 aromatic heterocycles. The number of hydrogen-bond donors (Lipinski definition) is 0. The van der Waals surface area contributed by atoms with Crippen molar-refractivity contribution in [3.05, 3.63) is 57.5 Å². The van der Waals surface area contributed by atoms with Crippen molar-refractivity contribution in [2.24, 2.45) is 0 Å². The predicted octanol–water partition coefficient (Wildman–Crippen LogP) is -5.03. The zero-order valence-corrected chi connectivity index (χ0v) is 18.3. The van der Waals surface area contributed by atoms with Gasteiger partial charge in [0.25, 0.3) is 0 Å². The predicted molar refractivity (Wildman–Crippen MR) is 73.9 cm³/mol. The van der Waals surface area contributed by atoms with Gasteiger partial charge in [-0.15, -0.1) is 0 Å². The molecule has 0 aliphatic heterocycles. The molecule has 1 unspecified atom stereocenters.